The highest BCUT2D eigenvalue weighted by molar-refractivity contribution is 5.78. The van der Waals surface area contributed by atoms with Crippen molar-refractivity contribution in [1.29, 1.82) is 0 Å². The number of hydrogen-bond acceptors (Lipinski definition) is 2. The first kappa shape index (κ1) is 12.6. The molecule has 0 heterocycles. The molecule has 1 aromatic carbocycles. The fourth-order valence-electron chi connectivity index (χ4n) is 1.55. The van der Waals surface area contributed by atoms with Crippen molar-refractivity contribution in [2.45, 2.75) is 26.2 Å². The van der Waals surface area contributed by atoms with E-state index in [2.05, 4.69) is 0 Å². The molecule has 0 saturated carbocycles. The van der Waals surface area contributed by atoms with E-state index >= 15 is 0 Å². The van der Waals surface area contributed by atoms with E-state index in [4.69, 9.17) is 4.74 Å². The Bertz CT molecular complexity index is 377. The third-order valence-corrected chi connectivity index (χ3v) is 2.34. The predicted molar refractivity (Wildman–Crippen MR) is 56.0 cm³/mol. The minimum atomic E-state index is -0.970. The molecule has 1 rings (SSSR count). The molecule has 0 aliphatic rings. The van der Waals surface area contributed by atoms with Gasteiger partial charge in [-0.25, -0.2) is 8.78 Å². The van der Waals surface area contributed by atoms with Gasteiger partial charge in [0.1, 0.15) is 0 Å². The maximum atomic E-state index is 13.5. The Morgan fingerprint density at radius 3 is 2.62 bits per heavy atom. The fourth-order valence-corrected chi connectivity index (χ4v) is 1.55. The number of carbonyl (C=O) groups is 1. The summed E-state index contributed by atoms with van der Waals surface area (Å²) in [5.41, 5.74) is 0.0564. The third kappa shape index (κ3) is 2.56. The zero-order chi connectivity index (χ0) is 12.1. The van der Waals surface area contributed by atoms with E-state index < -0.39 is 23.5 Å². The van der Waals surface area contributed by atoms with Crippen LogP contribution >= 0.6 is 0 Å². The van der Waals surface area contributed by atoms with Gasteiger partial charge in [-0.1, -0.05) is 19.1 Å². The highest BCUT2D eigenvalue weighted by Gasteiger charge is 2.24. The third-order valence-electron chi connectivity index (χ3n) is 2.34. The minimum Gasteiger partial charge on any atom is -0.466 e. The topological polar surface area (TPSA) is 26.3 Å². The smallest absolute Gasteiger partial charge is 0.313 e. The van der Waals surface area contributed by atoms with E-state index in [0.717, 1.165) is 6.07 Å². The molecule has 2 nitrogen and oxygen atoms in total. The number of hydrogen-bond donors (Lipinski definition) is 0. The van der Waals surface area contributed by atoms with Gasteiger partial charge >= 0.3 is 5.97 Å². The fraction of sp³-hybridized carbons (Fsp3) is 0.417. The monoisotopic (exact) mass is 228 g/mol. The van der Waals surface area contributed by atoms with Gasteiger partial charge in [0.25, 0.3) is 0 Å². The molecule has 1 unspecified atom stereocenters. The second-order valence-electron chi connectivity index (χ2n) is 3.36. The van der Waals surface area contributed by atoms with Crippen LogP contribution in [0, 0.1) is 11.6 Å². The summed E-state index contributed by atoms with van der Waals surface area (Å²) in [5.74, 6) is -3.17. The van der Waals surface area contributed by atoms with Crippen LogP contribution < -0.4 is 0 Å². The second-order valence-corrected chi connectivity index (χ2v) is 3.36. The molecule has 1 atom stereocenters. The highest BCUT2D eigenvalue weighted by atomic mass is 19.2. The normalized spacial score (nSPS) is 12.2. The Hall–Kier alpha value is -1.45. The molecule has 0 aliphatic carbocycles. The Morgan fingerprint density at radius 2 is 2.06 bits per heavy atom. The first-order valence-corrected chi connectivity index (χ1v) is 5.22. The lowest BCUT2D eigenvalue weighted by Crippen LogP contribution is -2.17. The summed E-state index contributed by atoms with van der Waals surface area (Å²) in [6, 6.07) is 3.82. The van der Waals surface area contributed by atoms with Crippen molar-refractivity contribution in [2.24, 2.45) is 0 Å². The maximum Gasteiger partial charge on any atom is 0.313 e. The average molecular weight is 228 g/mol. The van der Waals surface area contributed by atoms with Crippen LogP contribution in [-0.2, 0) is 9.53 Å². The van der Waals surface area contributed by atoms with Crippen molar-refractivity contribution in [1.82, 2.24) is 0 Å². The molecule has 0 saturated heterocycles. The molecular formula is C12H14F2O2. The van der Waals surface area contributed by atoms with Gasteiger partial charge in [0.15, 0.2) is 11.6 Å². The summed E-state index contributed by atoms with van der Waals surface area (Å²) < 4.78 is 31.3. The lowest BCUT2D eigenvalue weighted by molar-refractivity contribution is -0.145. The van der Waals surface area contributed by atoms with Gasteiger partial charge < -0.3 is 4.74 Å². The molecule has 16 heavy (non-hydrogen) atoms. The quantitative estimate of drug-likeness (QED) is 0.740. The lowest BCUT2D eigenvalue weighted by Gasteiger charge is -2.14. The van der Waals surface area contributed by atoms with Gasteiger partial charge in [-0.2, -0.15) is 0 Å². The van der Waals surface area contributed by atoms with Crippen LogP contribution in [0.4, 0.5) is 8.78 Å². The molecule has 0 aromatic heterocycles. The van der Waals surface area contributed by atoms with Crippen LogP contribution in [0.1, 0.15) is 31.7 Å². The Morgan fingerprint density at radius 1 is 1.38 bits per heavy atom. The van der Waals surface area contributed by atoms with E-state index in [1.54, 1.807) is 13.8 Å². The Labute approximate surface area is 93.2 Å². The van der Waals surface area contributed by atoms with Crippen LogP contribution in [0.2, 0.25) is 0 Å². The van der Waals surface area contributed by atoms with E-state index in [1.807, 2.05) is 0 Å². The van der Waals surface area contributed by atoms with E-state index in [1.165, 1.54) is 12.1 Å². The zero-order valence-corrected chi connectivity index (χ0v) is 9.30. The molecule has 0 fully saturated rings. The number of esters is 1. The molecule has 4 heteroatoms. The minimum absolute atomic E-state index is 0.0564. The van der Waals surface area contributed by atoms with Gasteiger partial charge in [0.05, 0.1) is 12.5 Å². The van der Waals surface area contributed by atoms with Crippen LogP contribution in [0.15, 0.2) is 18.2 Å². The zero-order valence-electron chi connectivity index (χ0n) is 9.30. The number of rotatable bonds is 4. The van der Waals surface area contributed by atoms with Gasteiger partial charge in [0.2, 0.25) is 0 Å². The number of halogens is 2. The molecule has 0 spiro atoms. The maximum absolute atomic E-state index is 13.5. The van der Waals surface area contributed by atoms with E-state index in [0.29, 0.717) is 6.42 Å². The predicted octanol–water partition coefficient (Wildman–Crippen LogP) is 3.02. The first-order valence-electron chi connectivity index (χ1n) is 5.22. The molecule has 0 amide bonds. The van der Waals surface area contributed by atoms with Crippen molar-refractivity contribution in [2.75, 3.05) is 6.61 Å². The summed E-state index contributed by atoms with van der Waals surface area (Å²) in [6.45, 7) is 3.63. The highest BCUT2D eigenvalue weighted by Crippen LogP contribution is 2.25. The summed E-state index contributed by atoms with van der Waals surface area (Å²) in [7, 11) is 0. The standard InChI is InChI=1S/C12H14F2O2/c1-3-8(12(15)16-4-2)9-6-5-7-10(13)11(9)14/h5-8H,3-4H2,1-2H3. The molecule has 1 aromatic rings. The van der Waals surface area contributed by atoms with E-state index in [-0.39, 0.29) is 12.2 Å². The first-order chi connectivity index (χ1) is 7.61. The van der Waals surface area contributed by atoms with Crippen molar-refractivity contribution >= 4 is 5.97 Å². The largest absolute Gasteiger partial charge is 0.466 e. The van der Waals surface area contributed by atoms with Gasteiger partial charge in [-0.15, -0.1) is 0 Å². The van der Waals surface area contributed by atoms with Crippen LogP contribution in [0.25, 0.3) is 0 Å². The van der Waals surface area contributed by atoms with E-state index in [9.17, 15) is 13.6 Å². The van der Waals surface area contributed by atoms with Crippen LogP contribution in [-0.4, -0.2) is 12.6 Å². The van der Waals surface area contributed by atoms with Gasteiger partial charge in [-0.3, -0.25) is 4.79 Å². The van der Waals surface area contributed by atoms with Crippen molar-refractivity contribution in [3.05, 3.63) is 35.4 Å². The molecule has 0 aliphatic heterocycles. The summed E-state index contributed by atoms with van der Waals surface area (Å²) in [6.07, 6.45) is 0.374. The SMILES string of the molecule is CCOC(=O)C(CC)c1cccc(F)c1F. The number of ether oxygens (including phenoxy) is 1. The van der Waals surface area contributed by atoms with Crippen molar-refractivity contribution < 1.29 is 18.3 Å². The van der Waals surface area contributed by atoms with Crippen molar-refractivity contribution in [3.63, 3.8) is 0 Å². The Kier molecular flexibility index (Phi) is 4.40. The Balaban J connectivity index is 3.04. The molecule has 0 N–H and O–H groups in total. The molecule has 0 radical (unpaired) electrons. The van der Waals surface area contributed by atoms with Crippen molar-refractivity contribution in [3.8, 4) is 0 Å². The molecule has 88 valence electrons. The molecular weight excluding hydrogens is 214 g/mol. The molecule has 0 bridgehead atoms. The summed E-state index contributed by atoms with van der Waals surface area (Å²) in [4.78, 5) is 11.5. The second kappa shape index (κ2) is 5.58. The average Bonchev–Trinajstić information content (AvgIpc) is 2.25. The van der Waals surface area contributed by atoms with Crippen LogP contribution in [0.5, 0.6) is 0 Å². The lowest BCUT2D eigenvalue weighted by atomic mass is 9.96. The van der Waals surface area contributed by atoms with Crippen LogP contribution in [0.3, 0.4) is 0 Å². The number of carbonyl (C=O) groups excluding carboxylic acids is 1. The van der Waals surface area contributed by atoms with Gasteiger partial charge in [0, 0.05) is 5.56 Å². The summed E-state index contributed by atoms with van der Waals surface area (Å²) >= 11 is 0. The summed E-state index contributed by atoms with van der Waals surface area (Å²) in [5, 5.41) is 0. The van der Waals surface area contributed by atoms with Gasteiger partial charge in [-0.05, 0) is 19.4 Å². The number of benzene rings is 1.